The summed E-state index contributed by atoms with van der Waals surface area (Å²) in [6, 6.07) is 6.37. The summed E-state index contributed by atoms with van der Waals surface area (Å²) in [5, 5.41) is 10.2. The van der Waals surface area contributed by atoms with E-state index in [-0.39, 0.29) is 0 Å². The van der Waals surface area contributed by atoms with Gasteiger partial charge in [0.25, 0.3) is 0 Å². The minimum Gasteiger partial charge on any atom is -0.491 e. The van der Waals surface area contributed by atoms with Gasteiger partial charge in [-0.2, -0.15) is 0 Å². The van der Waals surface area contributed by atoms with Crippen molar-refractivity contribution in [3.63, 3.8) is 0 Å². The van der Waals surface area contributed by atoms with Crippen molar-refractivity contribution in [3.8, 4) is 5.75 Å². The summed E-state index contributed by atoms with van der Waals surface area (Å²) in [7, 11) is 0. The number of benzene rings is 1. The van der Waals surface area contributed by atoms with Crippen molar-refractivity contribution in [3.05, 3.63) is 29.3 Å². The van der Waals surface area contributed by atoms with Crippen molar-refractivity contribution in [2.75, 3.05) is 6.61 Å². The van der Waals surface area contributed by atoms with Gasteiger partial charge in [-0.25, -0.2) is 0 Å². The Hall–Kier alpha value is -1.02. The van der Waals surface area contributed by atoms with Crippen LogP contribution in [0.25, 0.3) is 0 Å². The first-order valence-electron chi connectivity index (χ1n) is 7.14. The van der Waals surface area contributed by atoms with E-state index in [2.05, 4.69) is 12.1 Å². The van der Waals surface area contributed by atoms with Crippen molar-refractivity contribution < 1.29 is 9.84 Å². The number of hydrogen-bond donors (Lipinski definition) is 1. The van der Waals surface area contributed by atoms with Crippen LogP contribution in [0.1, 0.15) is 50.7 Å². The highest BCUT2D eigenvalue weighted by molar-refractivity contribution is 5.37. The first-order chi connectivity index (χ1) is 8.67. The molecule has 1 aliphatic rings. The topological polar surface area (TPSA) is 29.5 Å². The summed E-state index contributed by atoms with van der Waals surface area (Å²) in [6.45, 7) is 4.39. The SMILES string of the molecule is CCC(O)(CC)COc1ccc2c(c1)CCCC2. The molecule has 2 nitrogen and oxygen atoms in total. The van der Waals surface area contributed by atoms with Crippen LogP contribution in [0.4, 0.5) is 0 Å². The highest BCUT2D eigenvalue weighted by atomic mass is 16.5. The maximum absolute atomic E-state index is 10.2. The number of rotatable bonds is 5. The molecule has 0 unspecified atom stereocenters. The lowest BCUT2D eigenvalue weighted by molar-refractivity contribution is -0.0113. The molecule has 0 radical (unpaired) electrons. The lowest BCUT2D eigenvalue weighted by Gasteiger charge is -2.25. The van der Waals surface area contributed by atoms with Gasteiger partial charge in [0.15, 0.2) is 0 Å². The molecular formula is C16H24O2. The van der Waals surface area contributed by atoms with Crippen LogP contribution in [0.15, 0.2) is 18.2 Å². The predicted molar refractivity (Wildman–Crippen MR) is 74.1 cm³/mol. The zero-order valence-electron chi connectivity index (χ0n) is 11.5. The van der Waals surface area contributed by atoms with Crippen LogP contribution in [0.5, 0.6) is 5.75 Å². The summed E-state index contributed by atoms with van der Waals surface area (Å²) in [4.78, 5) is 0. The Kier molecular flexibility index (Phi) is 4.28. The molecule has 0 atom stereocenters. The van der Waals surface area contributed by atoms with E-state index in [0.29, 0.717) is 6.61 Å². The molecular weight excluding hydrogens is 224 g/mol. The molecule has 0 amide bonds. The summed E-state index contributed by atoms with van der Waals surface area (Å²) in [5.74, 6) is 0.899. The normalized spacial score (nSPS) is 15.3. The zero-order chi connectivity index (χ0) is 13.0. The molecule has 0 aromatic heterocycles. The third kappa shape index (κ3) is 3.05. The van der Waals surface area contributed by atoms with Crippen LogP contribution in [-0.4, -0.2) is 17.3 Å². The highest BCUT2D eigenvalue weighted by Crippen LogP contribution is 2.26. The zero-order valence-corrected chi connectivity index (χ0v) is 11.5. The van der Waals surface area contributed by atoms with Crippen molar-refractivity contribution in [2.45, 2.75) is 58.0 Å². The first-order valence-corrected chi connectivity index (χ1v) is 7.14. The van der Waals surface area contributed by atoms with E-state index in [1.165, 1.54) is 36.8 Å². The second-order valence-electron chi connectivity index (χ2n) is 5.36. The second-order valence-corrected chi connectivity index (χ2v) is 5.36. The van der Waals surface area contributed by atoms with Gasteiger partial charge in [0.05, 0.1) is 5.60 Å². The van der Waals surface area contributed by atoms with Crippen molar-refractivity contribution in [1.82, 2.24) is 0 Å². The fourth-order valence-corrected chi connectivity index (χ4v) is 2.47. The fourth-order valence-electron chi connectivity index (χ4n) is 2.47. The van der Waals surface area contributed by atoms with Gasteiger partial charge in [0.1, 0.15) is 12.4 Å². The number of aliphatic hydroxyl groups is 1. The van der Waals surface area contributed by atoms with E-state index in [0.717, 1.165) is 18.6 Å². The summed E-state index contributed by atoms with van der Waals surface area (Å²) in [5.41, 5.74) is 2.21. The molecule has 2 rings (SSSR count). The molecule has 0 spiro atoms. The molecule has 0 saturated heterocycles. The van der Waals surface area contributed by atoms with Gasteiger partial charge in [-0.3, -0.25) is 0 Å². The number of aryl methyl sites for hydroxylation is 2. The molecule has 1 aliphatic carbocycles. The lowest BCUT2D eigenvalue weighted by Crippen LogP contribution is -2.34. The standard InChI is InChI=1S/C16H24O2/c1-3-16(17,4-2)12-18-15-10-9-13-7-5-6-8-14(13)11-15/h9-11,17H,3-8,12H2,1-2H3. The van der Waals surface area contributed by atoms with Gasteiger partial charge in [-0.15, -0.1) is 0 Å². The molecule has 1 N–H and O–H groups in total. The first kappa shape index (κ1) is 13.4. The van der Waals surface area contributed by atoms with Gasteiger partial charge in [-0.1, -0.05) is 19.9 Å². The van der Waals surface area contributed by atoms with E-state index >= 15 is 0 Å². The van der Waals surface area contributed by atoms with Crippen LogP contribution in [0.3, 0.4) is 0 Å². The maximum atomic E-state index is 10.2. The van der Waals surface area contributed by atoms with Crippen molar-refractivity contribution >= 4 is 0 Å². The number of ether oxygens (including phenoxy) is 1. The Labute approximate surface area is 110 Å². The van der Waals surface area contributed by atoms with Crippen LogP contribution >= 0.6 is 0 Å². The molecule has 0 fully saturated rings. The molecule has 0 bridgehead atoms. The van der Waals surface area contributed by atoms with Gasteiger partial charge < -0.3 is 9.84 Å². The Morgan fingerprint density at radius 1 is 1.11 bits per heavy atom. The highest BCUT2D eigenvalue weighted by Gasteiger charge is 2.23. The Morgan fingerprint density at radius 3 is 2.44 bits per heavy atom. The van der Waals surface area contributed by atoms with Gasteiger partial charge in [0.2, 0.25) is 0 Å². The number of fused-ring (bicyclic) bond motifs is 1. The van der Waals surface area contributed by atoms with E-state index in [9.17, 15) is 5.11 Å². The molecule has 1 aromatic rings. The van der Waals surface area contributed by atoms with Gasteiger partial charge in [0, 0.05) is 0 Å². The van der Waals surface area contributed by atoms with Crippen LogP contribution in [-0.2, 0) is 12.8 Å². The summed E-state index contributed by atoms with van der Waals surface area (Å²) in [6.07, 6.45) is 6.41. The van der Waals surface area contributed by atoms with Crippen LogP contribution in [0, 0.1) is 0 Å². The molecule has 0 aliphatic heterocycles. The van der Waals surface area contributed by atoms with Crippen molar-refractivity contribution in [2.24, 2.45) is 0 Å². The summed E-state index contributed by atoms with van der Waals surface area (Å²) < 4.78 is 5.77. The molecule has 0 saturated carbocycles. The summed E-state index contributed by atoms with van der Waals surface area (Å²) >= 11 is 0. The Balaban J connectivity index is 2.02. The quantitative estimate of drug-likeness (QED) is 0.864. The fraction of sp³-hybridized carbons (Fsp3) is 0.625. The lowest BCUT2D eigenvalue weighted by atomic mass is 9.92. The third-order valence-corrected chi connectivity index (χ3v) is 4.14. The average molecular weight is 248 g/mol. The predicted octanol–water partition coefficient (Wildman–Crippen LogP) is 3.50. The molecule has 100 valence electrons. The molecule has 0 heterocycles. The minimum absolute atomic E-state index is 0.388. The Bertz CT molecular complexity index is 394. The third-order valence-electron chi connectivity index (χ3n) is 4.14. The largest absolute Gasteiger partial charge is 0.491 e. The average Bonchev–Trinajstić information content (AvgIpc) is 2.44. The monoisotopic (exact) mass is 248 g/mol. The van der Waals surface area contributed by atoms with Gasteiger partial charge >= 0.3 is 0 Å². The van der Waals surface area contributed by atoms with E-state index in [1.807, 2.05) is 19.9 Å². The maximum Gasteiger partial charge on any atom is 0.119 e. The van der Waals surface area contributed by atoms with E-state index < -0.39 is 5.60 Å². The van der Waals surface area contributed by atoms with Crippen molar-refractivity contribution in [1.29, 1.82) is 0 Å². The molecule has 1 aromatic carbocycles. The second kappa shape index (κ2) is 5.75. The van der Waals surface area contributed by atoms with Crippen LogP contribution < -0.4 is 4.74 Å². The van der Waals surface area contributed by atoms with Gasteiger partial charge in [-0.05, 0) is 61.8 Å². The minimum atomic E-state index is -0.685. The molecule has 2 heteroatoms. The van der Waals surface area contributed by atoms with E-state index in [4.69, 9.17) is 4.74 Å². The smallest absolute Gasteiger partial charge is 0.119 e. The Morgan fingerprint density at radius 2 is 1.78 bits per heavy atom. The van der Waals surface area contributed by atoms with Crippen LogP contribution in [0.2, 0.25) is 0 Å². The number of hydrogen-bond acceptors (Lipinski definition) is 2. The van der Waals surface area contributed by atoms with E-state index in [1.54, 1.807) is 0 Å². The molecule has 18 heavy (non-hydrogen) atoms.